The molecule has 21 heavy (non-hydrogen) atoms. The summed E-state index contributed by atoms with van der Waals surface area (Å²) in [5, 5.41) is 11.6. The fraction of sp³-hybridized carbons (Fsp3) is 0.231. The Morgan fingerprint density at radius 2 is 2.33 bits per heavy atom. The first-order valence-electron chi connectivity index (χ1n) is 6.37. The van der Waals surface area contributed by atoms with Crippen molar-refractivity contribution in [2.75, 3.05) is 5.32 Å². The topological polar surface area (TPSA) is 109 Å². The van der Waals surface area contributed by atoms with Gasteiger partial charge in [-0.25, -0.2) is 4.79 Å². The van der Waals surface area contributed by atoms with E-state index in [1.54, 1.807) is 25.1 Å². The summed E-state index contributed by atoms with van der Waals surface area (Å²) < 4.78 is 4.91. The summed E-state index contributed by atoms with van der Waals surface area (Å²) in [5.41, 5.74) is 2.02. The van der Waals surface area contributed by atoms with Gasteiger partial charge in [-0.3, -0.25) is 4.79 Å². The predicted octanol–water partition coefficient (Wildman–Crippen LogP) is 0.943. The summed E-state index contributed by atoms with van der Waals surface area (Å²) in [6.07, 6.45) is 0. The number of carbonyl (C=O) groups excluding carboxylic acids is 2. The largest absolute Gasteiger partial charge is 0.343 e. The Morgan fingerprint density at radius 1 is 1.48 bits per heavy atom. The van der Waals surface area contributed by atoms with Crippen LogP contribution in [0.25, 0.3) is 0 Å². The zero-order chi connectivity index (χ0) is 14.8. The highest BCUT2D eigenvalue weighted by atomic mass is 16.5. The minimum absolute atomic E-state index is 0.157. The molecule has 0 radical (unpaired) electrons. The van der Waals surface area contributed by atoms with Crippen molar-refractivity contribution in [3.05, 3.63) is 41.0 Å². The molecule has 2 heterocycles. The number of aryl methyl sites for hydroxylation is 1. The van der Waals surface area contributed by atoms with Crippen LogP contribution in [0.15, 0.2) is 22.7 Å². The first kappa shape index (κ1) is 13.1. The molecule has 0 bridgehead atoms. The van der Waals surface area contributed by atoms with E-state index in [9.17, 15) is 9.59 Å². The lowest BCUT2D eigenvalue weighted by atomic mass is 10.1. The first-order valence-corrected chi connectivity index (χ1v) is 6.37. The van der Waals surface area contributed by atoms with Crippen molar-refractivity contribution in [3.8, 4) is 0 Å². The number of nitrogens with one attached hydrogen (secondary N) is 3. The zero-order valence-corrected chi connectivity index (χ0v) is 11.3. The van der Waals surface area contributed by atoms with Crippen LogP contribution in [-0.4, -0.2) is 22.1 Å². The van der Waals surface area contributed by atoms with Gasteiger partial charge in [0.1, 0.15) is 0 Å². The van der Waals surface area contributed by atoms with Gasteiger partial charge < -0.3 is 20.5 Å². The van der Waals surface area contributed by atoms with Gasteiger partial charge in [0.05, 0.1) is 6.54 Å². The average molecular weight is 287 g/mol. The Balaban J connectivity index is 1.70. The van der Waals surface area contributed by atoms with E-state index in [-0.39, 0.29) is 18.5 Å². The number of carbonyl (C=O) groups is 2. The maximum Gasteiger partial charge on any atom is 0.319 e. The number of aromatic nitrogens is 2. The van der Waals surface area contributed by atoms with E-state index in [0.717, 1.165) is 5.56 Å². The van der Waals surface area contributed by atoms with Gasteiger partial charge in [0.2, 0.25) is 5.89 Å². The molecule has 1 aliphatic rings. The third kappa shape index (κ3) is 2.83. The zero-order valence-electron chi connectivity index (χ0n) is 11.3. The molecule has 1 aromatic heterocycles. The molecule has 0 saturated heterocycles. The molecular formula is C13H13N5O3. The highest BCUT2D eigenvalue weighted by Gasteiger charge is 2.16. The van der Waals surface area contributed by atoms with Gasteiger partial charge >= 0.3 is 6.03 Å². The second-order valence-corrected chi connectivity index (χ2v) is 4.60. The van der Waals surface area contributed by atoms with Crippen molar-refractivity contribution in [2.45, 2.75) is 20.0 Å². The molecule has 1 aliphatic heterocycles. The minimum atomic E-state index is -0.276. The van der Waals surface area contributed by atoms with Crippen LogP contribution in [0.5, 0.6) is 0 Å². The quantitative estimate of drug-likeness (QED) is 0.778. The summed E-state index contributed by atoms with van der Waals surface area (Å²) in [4.78, 5) is 27.3. The number of anilines is 1. The molecule has 8 nitrogen and oxygen atoms in total. The summed E-state index contributed by atoms with van der Waals surface area (Å²) in [5.74, 6) is 0.584. The number of fused-ring (bicyclic) bond motifs is 1. The number of amides is 3. The number of hydrogen-bond donors (Lipinski definition) is 3. The molecule has 2 aromatic rings. The lowest BCUT2D eigenvalue weighted by molar-refractivity contribution is 0.0946. The lowest BCUT2D eigenvalue weighted by Crippen LogP contribution is -2.33. The monoisotopic (exact) mass is 287 g/mol. The van der Waals surface area contributed by atoms with E-state index in [0.29, 0.717) is 29.5 Å². The van der Waals surface area contributed by atoms with Crippen LogP contribution in [0.2, 0.25) is 0 Å². The molecule has 8 heteroatoms. The van der Waals surface area contributed by atoms with Crippen LogP contribution >= 0.6 is 0 Å². The van der Waals surface area contributed by atoms with Gasteiger partial charge in [-0.1, -0.05) is 11.2 Å². The third-order valence-electron chi connectivity index (χ3n) is 3.03. The van der Waals surface area contributed by atoms with E-state index < -0.39 is 0 Å². The minimum Gasteiger partial charge on any atom is -0.343 e. The predicted molar refractivity (Wildman–Crippen MR) is 72.5 cm³/mol. The fourth-order valence-corrected chi connectivity index (χ4v) is 2.00. The van der Waals surface area contributed by atoms with E-state index in [4.69, 9.17) is 4.52 Å². The molecule has 0 fully saturated rings. The molecule has 3 rings (SSSR count). The van der Waals surface area contributed by atoms with Crippen molar-refractivity contribution >= 4 is 17.6 Å². The Bertz CT molecular complexity index is 710. The number of benzene rings is 1. The molecule has 0 spiro atoms. The Morgan fingerprint density at radius 3 is 3.10 bits per heavy atom. The molecule has 1 aromatic carbocycles. The number of hydrogen-bond acceptors (Lipinski definition) is 5. The first-order chi connectivity index (χ1) is 10.1. The summed E-state index contributed by atoms with van der Waals surface area (Å²) in [7, 11) is 0. The van der Waals surface area contributed by atoms with Crippen LogP contribution in [0.4, 0.5) is 10.5 Å². The van der Waals surface area contributed by atoms with E-state index in [1.165, 1.54) is 0 Å². The van der Waals surface area contributed by atoms with Gasteiger partial charge in [0, 0.05) is 17.8 Å². The van der Waals surface area contributed by atoms with Crippen molar-refractivity contribution < 1.29 is 14.1 Å². The Labute approximate surface area is 119 Å². The molecule has 0 aliphatic carbocycles. The van der Waals surface area contributed by atoms with Crippen LogP contribution in [0.1, 0.15) is 27.6 Å². The molecule has 3 amide bonds. The van der Waals surface area contributed by atoms with E-state index in [2.05, 4.69) is 26.1 Å². The number of rotatable bonds is 3. The maximum absolute atomic E-state index is 12.1. The van der Waals surface area contributed by atoms with Gasteiger partial charge in [-0.05, 0) is 24.6 Å². The van der Waals surface area contributed by atoms with Crippen LogP contribution in [0, 0.1) is 6.92 Å². The second-order valence-electron chi connectivity index (χ2n) is 4.60. The third-order valence-corrected chi connectivity index (χ3v) is 3.03. The van der Waals surface area contributed by atoms with Crippen LogP contribution < -0.4 is 16.0 Å². The van der Waals surface area contributed by atoms with E-state index >= 15 is 0 Å². The number of nitrogens with zero attached hydrogens (tertiary/aromatic N) is 2. The molecule has 108 valence electrons. The van der Waals surface area contributed by atoms with Gasteiger partial charge in [-0.2, -0.15) is 4.98 Å². The van der Waals surface area contributed by atoms with Gasteiger partial charge in [0.15, 0.2) is 5.82 Å². The normalized spacial score (nSPS) is 13.1. The van der Waals surface area contributed by atoms with Gasteiger partial charge in [0.25, 0.3) is 5.91 Å². The Kier molecular flexibility index (Phi) is 3.27. The maximum atomic E-state index is 12.1. The number of urea groups is 1. The van der Waals surface area contributed by atoms with Crippen LogP contribution in [0.3, 0.4) is 0 Å². The van der Waals surface area contributed by atoms with Crippen molar-refractivity contribution in [1.29, 1.82) is 0 Å². The average Bonchev–Trinajstić information content (AvgIpc) is 2.89. The highest BCUT2D eigenvalue weighted by Crippen LogP contribution is 2.20. The summed E-state index contributed by atoms with van der Waals surface area (Å²) in [6.45, 7) is 2.31. The van der Waals surface area contributed by atoms with Crippen LogP contribution in [-0.2, 0) is 13.1 Å². The second kappa shape index (κ2) is 5.23. The van der Waals surface area contributed by atoms with Crippen molar-refractivity contribution in [2.24, 2.45) is 0 Å². The smallest absolute Gasteiger partial charge is 0.319 e. The summed E-state index contributed by atoms with van der Waals surface area (Å²) in [6, 6.07) is 4.86. The Hall–Kier alpha value is -2.90. The highest BCUT2D eigenvalue weighted by molar-refractivity contribution is 5.98. The van der Waals surface area contributed by atoms with Gasteiger partial charge in [-0.15, -0.1) is 0 Å². The fourth-order valence-electron chi connectivity index (χ4n) is 2.00. The SMILES string of the molecule is Cc1noc(CNC(=O)c2ccc3c(c2)NC(=O)NC3)n1. The summed E-state index contributed by atoms with van der Waals surface area (Å²) >= 11 is 0. The molecule has 3 N–H and O–H groups in total. The molecule has 0 unspecified atom stereocenters. The lowest BCUT2D eigenvalue weighted by Gasteiger charge is -2.18. The van der Waals surface area contributed by atoms with E-state index in [1.807, 2.05) is 0 Å². The molecular weight excluding hydrogens is 274 g/mol. The van der Waals surface area contributed by atoms with Crippen molar-refractivity contribution in [3.63, 3.8) is 0 Å². The van der Waals surface area contributed by atoms with Crippen molar-refractivity contribution in [1.82, 2.24) is 20.8 Å². The standard InChI is InChI=1S/C13H13N5O3/c1-7-16-11(21-18-7)6-14-12(19)8-2-3-9-5-15-13(20)17-10(9)4-8/h2-4H,5-6H2,1H3,(H,14,19)(H2,15,17,20). The molecule has 0 saturated carbocycles. The molecule has 0 atom stereocenters.